The molecule has 0 aromatic carbocycles. The highest BCUT2D eigenvalue weighted by Gasteiger charge is 2.28. The summed E-state index contributed by atoms with van der Waals surface area (Å²) in [7, 11) is 1.00. The molecule has 7 heteroatoms. The number of nitrogens with zero attached hydrogens (tertiary/aromatic N) is 3. The van der Waals surface area contributed by atoms with Gasteiger partial charge in [-0.3, -0.25) is 0 Å². The standard InChI is InChI=1S/C11H14N4O2.CH4O/c12-11-9-3-2-8(15(9)14-6-13-11)10-4-1-7(5-16)17-10;1-2/h2-3,6-7,10,16H,1,4-5H2,(H2,12,13,14);2H,1H3. The van der Waals surface area contributed by atoms with Gasteiger partial charge < -0.3 is 20.7 Å². The first-order valence-electron chi connectivity index (χ1n) is 6.08. The number of hydrogen-bond donors (Lipinski definition) is 3. The predicted molar refractivity (Wildman–Crippen MR) is 69.5 cm³/mol. The second-order valence-corrected chi connectivity index (χ2v) is 4.21. The summed E-state index contributed by atoms with van der Waals surface area (Å²) in [5.41, 5.74) is 7.52. The second kappa shape index (κ2) is 5.96. The molecule has 2 unspecified atom stereocenters. The van der Waals surface area contributed by atoms with Gasteiger partial charge in [-0.1, -0.05) is 0 Å². The van der Waals surface area contributed by atoms with E-state index in [4.69, 9.17) is 20.7 Å². The fourth-order valence-electron chi connectivity index (χ4n) is 2.27. The lowest BCUT2D eigenvalue weighted by molar-refractivity contribution is 0.00856. The summed E-state index contributed by atoms with van der Waals surface area (Å²) in [4.78, 5) is 3.94. The summed E-state index contributed by atoms with van der Waals surface area (Å²) in [6.45, 7) is 0.0664. The molecule has 3 rings (SSSR count). The number of aliphatic hydroxyl groups excluding tert-OH is 2. The number of fused-ring (bicyclic) bond motifs is 1. The molecule has 3 heterocycles. The molecule has 0 bridgehead atoms. The molecule has 1 fully saturated rings. The van der Waals surface area contributed by atoms with E-state index in [1.807, 2.05) is 12.1 Å². The normalized spacial score (nSPS) is 22.3. The Balaban J connectivity index is 0.000000637. The molecule has 0 aliphatic carbocycles. The molecule has 104 valence electrons. The highest BCUT2D eigenvalue weighted by atomic mass is 16.5. The summed E-state index contributed by atoms with van der Waals surface area (Å²) in [5.74, 6) is 0.461. The van der Waals surface area contributed by atoms with Crippen LogP contribution in [0.15, 0.2) is 18.5 Å². The van der Waals surface area contributed by atoms with E-state index >= 15 is 0 Å². The van der Waals surface area contributed by atoms with Crippen LogP contribution in [0.1, 0.15) is 24.6 Å². The molecule has 2 aromatic heterocycles. The van der Waals surface area contributed by atoms with Crippen LogP contribution in [0.4, 0.5) is 5.82 Å². The van der Waals surface area contributed by atoms with Gasteiger partial charge in [0.25, 0.3) is 0 Å². The SMILES string of the molecule is CO.Nc1ncnn2c(C3CCC(CO)O3)ccc12. The molecule has 19 heavy (non-hydrogen) atoms. The molecular weight excluding hydrogens is 248 g/mol. The quantitative estimate of drug-likeness (QED) is 0.713. The van der Waals surface area contributed by atoms with Gasteiger partial charge in [-0.2, -0.15) is 5.10 Å². The van der Waals surface area contributed by atoms with Crippen LogP contribution < -0.4 is 5.73 Å². The predicted octanol–water partition coefficient (Wildman–Crippen LogP) is 0.132. The van der Waals surface area contributed by atoms with Crippen molar-refractivity contribution >= 4 is 11.3 Å². The van der Waals surface area contributed by atoms with E-state index < -0.39 is 0 Å². The number of rotatable bonds is 2. The number of nitrogen functional groups attached to an aromatic ring is 1. The number of aromatic nitrogens is 3. The summed E-state index contributed by atoms with van der Waals surface area (Å²) in [6, 6.07) is 3.84. The van der Waals surface area contributed by atoms with Crippen molar-refractivity contribution in [2.75, 3.05) is 19.5 Å². The Morgan fingerprint density at radius 1 is 1.42 bits per heavy atom. The third-order valence-corrected chi connectivity index (χ3v) is 3.15. The molecular formula is C12H18N4O3. The van der Waals surface area contributed by atoms with Crippen LogP contribution in [0.5, 0.6) is 0 Å². The zero-order valence-electron chi connectivity index (χ0n) is 10.7. The fourth-order valence-corrected chi connectivity index (χ4v) is 2.27. The molecule has 1 aliphatic heterocycles. The minimum absolute atomic E-state index is 0.0241. The lowest BCUT2D eigenvalue weighted by atomic mass is 10.1. The van der Waals surface area contributed by atoms with Gasteiger partial charge in [0.15, 0.2) is 5.82 Å². The molecule has 2 atom stereocenters. The van der Waals surface area contributed by atoms with Crippen molar-refractivity contribution < 1.29 is 14.9 Å². The Morgan fingerprint density at radius 3 is 2.89 bits per heavy atom. The van der Waals surface area contributed by atoms with Crippen molar-refractivity contribution in [2.45, 2.75) is 25.0 Å². The van der Waals surface area contributed by atoms with Crippen molar-refractivity contribution in [1.29, 1.82) is 0 Å². The number of hydrogen-bond acceptors (Lipinski definition) is 6. The van der Waals surface area contributed by atoms with Gasteiger partial charge >= 0.3 is 0 Å². The van der Waals surface area contributed by atoms with Gasteiger partial charge in [-0.15, -0.1) is 0 Å². The summed E-state index contributed by atoms with van der Waals surface area (Å²) in [6.07, 6.45) is 3.11. The van der Waals surface area contributed by atoms with Crippen molar-refractivity contribution in [3.63, 3.8) is 0 Å². The van der Waals surface area contributed by atoms with Crippen LogP contribution in [0.2, 0.25) is 0 Å². The fraction of sp³-hybridized carbons (Fsp3) is 0.500. The van der Waals surface area contributed by atoms with Gasteiger partial charge in [0, 0.05) is 7.11 Å². The van der Waals surface area contributed by atoms with Gasteiger partial charge in [0.05, 0.1) is 18.4 Å². The van der Waals surface area contributed by atoms with Crippen LogP contribution in [0.3, 0.4) is 0 Å². The van der Waals surface area contributed by atoms with E-state index in [0.29, 0.717) is 5.82 Å². The maximum absolute atomic E-state index is 9.06. The zero-order chi connectivity index (χ0) is 13.8. The third kappa shape index (κ3) is 2.53. The first-order chi connectivity index (χ1) is 9.29. The molecule has 1 saturated heterocycles. The molecule has 1 aliphatic rings. The third-order valence-electron chi connectivity index (χ3n) is 3.15. The first kappa shape index (κ1) is 13.7. The van der Waals surface area contributed by atoms with Crippen molar-refractivity contribution in [3.05, 3.63) is 24.2 Å². The Bertz CT molecular complexity index is 543. The van der Waals surface area contributed by atoms with Gasteiger partial charge in [0.1, 0.15) is 17.9 Å². The molecule has 0 radical (unpaired) electrons. The summed E-state index contributed by atoms with van der Waals surface area (Å²) >= 11 is 0. The van der Waals surface area contributed by atoms with E-state index in [1.54, 1.807) is 4.52 Å². The monoisotopic (exact) mass is 266 g/mol. The van der Waals surface area contributed by atoms with Crippen LogP contribution in [-0.2, 0) is 4.74 Å². The smallest absolute Gasteiger partial charge is 0.151 e. The minimum atomic E-state index is -0.0651. The maximum Gasteiger partial charge on any atom is 0.151 e. The van der Waals surface area contributed by atoms with E-state index in [9.17, 15) is 0 Å². The first-order valence-corrected chi connectivity index (χ1v) is 6.08. The lowest BCUT2D eigenvalue weighted by Crippen LogP contribution is -2.12. The van der Waals surface area contributed by atoms with Gasteiger partial charge in [0.2, 0.25) is 0 Å². The maximum atomic E-state index is 9.06. The Kier molecular flexibility index (Phi) is 4.31. The molecule has 0 spiro atoms. The molecule has 0 saturated carbocycles. The summed E-state index contributed by atoms with van der Waals surface area (Å²) < 4.78 is 7.49. The number of aliphatic hydroxyl groups is 2. The molecule has 2 aromatic rings. The Morgan fingerprint density at radius 2 is 2.21 bits per heavy atom. The largest absolute Gasteiger partial charge is 0.400 e. The Labute approximate surface area is 110 Å². The van der Waals surface area contributed by atoms with E-state index in [-0.39, 0.29) is 18.8 Å². The van der Waals surface area contributed by atoms with Crippen molar-refractivity contribution in [1.82, 2.24) is 14.6 Å². The second-order valence-electron chi connectivity index (χ2n) is 4.21. The number of anilines is 1. The average Bonchev–Trinajstić information content (AvgIpc) is 3.07. The topological polar surface area (TPSA) is 106 Å². The van der Waals surface area contributed by atoms with Gasteiger partial charge in [-0.25, -0.2) is 9.50 Å². The average molecular weight is 266 g/mol. The zero-order valence-corrected chi connectivity index (χ0v) is 10.7. The van der Waals surface area contributed by atoms with E-state index in [1.165, 1.54) is 6.33 Å². The van der Waals surface area contributed by atoms with Gasteiger partial charge in [-0.05, 0) is 25.0 Å². The van der Waals surface area contributed by atoms with E-state index in [2.05, 4.69) is 10.1 Å². The van der Waals surface area contributed by atoms with Crippen LogP contribution in [0.25, 0.3) is 5.52 Å². The molecule has 4 N–H and O–H groups in total. The van der Waals surface area contributed by atoms with Crippen molar-refractivity contribution in [2.24, 2.45) is 0 Å². The van der Waals surface area contributed by atoms with Crippen LogP contribution >= 0.6 is 0 Å². The van der Waals surface area contributed by atoms with Crippen LogP contribution in [0, 0.1) is 0 Å². The highest BCUT2D eigenvalue weighted by molar-refractivity contribution is 5.65. The number of ether oxygens (including phenoxy) is 1. The minimum Gasteiger partial charge on any atom is -0.400 e. The van der Waals surface area contributed by atoms with Crippen LogP contribution in [-0.4, -0.2) is 44.6 Å². The Hall–Kier alpha value is -1.70. The molecule has 7 nitrogen and oxygen atoms in total. The van der Waals surface area contributed by atoms with Crippen molar-refractivity contribution in [3.8, 4) is 0 Å². The number of nitrogens with two attached hydrogens (primary N) is 1. The van der Waals surface area contributed by atoms with E-state index in [0.717, 1.165) is 31.2 Å². The molecule has 0 amide bonds. The summed E-state index contributed by atoms with van der Waals surface area (Å²) in [5, 5.41) is 20.2. The lowest BCUT2D eigenvalue weighted by Gasteiger charge is -2.11. The highest BCUT2D eigenvalue weighted by Crippen LogP contribution is 2.33.